The van der Waals surface area contributed by atoms with Crippen molar-refractivity contribution in [1.82, 2.24) is 9.88 Å². The van der Waals surface area contributed by atoms with Gasteiger partial charge < -0.3 is 5.21 Å². The molecule has 1 atom stereocenters. The van der Waals surface area contributed by atoms with E-state index in [1.54, 1.807) is 0 Å². The minimum absolute atomic E-state index is 0.336. The lowest BCUT2D eigenvalue weighted by Gasteiger charge is -2.30. The topological polar surface area (TPSA) is 48.7 Å². The first kappa shape index (κ1) is 11.1. The van der Waals surface area contributed by atoms with E-state index < -0.39 is 0 Å². The number of pyridine rings is 1. The number of nitrogens with zero attached hydrogens (tertiary/aromatic N) is 3. The van der Waals surface area contributed by atoms with Gasteiger partial charge in [0.15, 0.2) is 0 Å². The van der Waals surface area contributed by atoms with Crippen LogP contribution in [0.4, 0.5) is 0 Å². The SMILES string of the molecule is CC1CN(Cc2ccccn2)CC/C1=N\O. The Labute approximate surface area is 95.6 Å². The molecule has 1 aromatic heterocycles. The molecule has 1 N–H and O–H groups in total. The third kappa shape index (κ3) is 2.58. The van der Waals surface area contributed by atoms with Crippen molar-refractivity contribution >= 4 is 5.71 Å². The minimum atomic E-state index is 0.336. The Balaban J connectivity index is 1.94. The van der Waals surface area contributed by atoms with Gasteiger partial charge in [-0.3, -0.25) is 9.88 Å². The molecule has 1 unspecified atom stereocenters. The van der Waals surface area contributed by atoms with Gasteiger partial charge in [-0.15, -0.1) is 0 Å². The van der Waals surface area contributed by atoms with E-state index in [2.05, 4.69) is 22.0 Å². The first-order chi connectivity index (χ1) is 7.79. The number of hydrogen-bond acceptors (Lipinski definition) is 4. The molecule has 0 aliphatic carbocycles. The second-order valence-electron chi connectivity index (χ2n) is 4.30. The van der Waals surface area contributed by atoms with E-state index >= 15 is 0 Å². The standard InChI is InChI=1S/C12H17N3O/c1-10-8-15(7-5-12(10)14-16)9-11-4-2-3-6-13-11/h2-4,6,10,16H,5,7-9H2,1H3/b14-12+. The molecule has 16 heavy (non-hydrogen) atoms. The van der Waals surface area contributed by atoms with Gasteiger partial charge in [0.25, 0.3) is 0 Å². The zero-order valence-corrected chi connectivity index (χ0v) is 9.50. The molecule has 1 saturated heterocycles. The van der Waals surface area contributed by atoms with E-state index in [0.717, 1.165) is 37.5 Å². The number of rotatable bonds is 2. The van der Waals surface area contributed by atoms with Gasteiger partial charge >= 0.3 is 0 Å². The molecule has 0 radical (unpaired) electrons. The molecular formula is C12H17N3O. The van der Waals surface area contributed by atoms with Crippen molar-refractivity contribution in [3.63, 3.8) is 0 Å². The fraction of sp³-hybridized carbons (Fsp3) is 0.500. The van der Waals surface area contributed by atoms with Crippen LogP contribution >= 0.6 is 0 Å². The molecule has 1 aliphatic rings. The van der Waals surface area contributed by atoms with Crippen LogP contribution in [-0.2, 0) is 6.54 Å². The van der Waals surface area contributed by atoms with E-state index in [9.17, 15) is 0 Å². The molecule has 0 aromatic carbocycles. The quantitative estimate of drug-likeness (QED) is 0.609. The van der Waals surface area contributed by atoms with Crippen LogP contribution in [-0.4, -0.2) is 33.9 Å². The number of oxime groups is 1. The summed E-state index contributed by atoms with van der Waals surface area (Å²) in [7, 11) is 0. The number of likely N-dealkylation sites (tertiary alicyclic amines) is 1. The van der Waals surface area contributed by atoms with Crippen molar-refractivity contribution in [1.29, 1.82) is 0 Å². The zero-order valence-electron chi connectivity index (χ0n) is 9.50. The van der Waals surface area contributed by atoms with Crippen molar-refractivity contribution in [2.45, 2.75) is 19.9 Å². The van der Waals surface area contributed by atoms with Crippen molar-refractivity contribution in [2.75, 3.05) is 13.1 Å². The number of piperidine rings is 1. The van der Waals surface area contributed by atoms with Gasteiger partial charge in [0.05, 0.1) is 11.4 Å². The Morgan fingerprint density at radius 1 is 1.56 bits per heavy atom. The van der Waals surface area contributed by atoms with Crippen LogP contribution in [0.2, 0.25) is 0 Å². The Morgan fingerprint density at radius 3 is 3.06 bits per heavy atom. The first-order valence-electron chi connectivity index (χ1n) is 5.62. The van der Waals surface area contributed by atoms with Crippen molar-refractivity contribution in [3.8, 4) is 0 Å². The Bertz CT molecular complexity index is 364. The number of aromatic nitrogens is 1. The molecule has 0 saturated carbocycles. The van der Waals surface area contributed by atoms with Gasteiger partial charge in [-0.1, -0.05) is 18.1 Å². The van der Waals surface area contributed by atoms with Gasteiger partial charge in [-0.05, 0) is 12.1 Å². The molecule has 0 spiro atoms. The summed E-state index contributed by atoms with van der Waals surface area (Å²) in [4.78, 5) is 6.66. The third-order valence-electron chi connectivity index (χ3n) is 3.03. The lowest BCUT2D eigenvalue weighted by atomic mass is 9.97. The molecule has 0 bridgehead atoms. The van der Waals surface area contributed by atoms with Crippen LogP contribution in [0, 0.1) is 5.92 Å². The molecule has 4 nitrogen and oxygen atoms in total. The average Bonchev–Trinajstić information content (AvgIpc) is 2.31. The monoisotopic (exact) mass is 219 g/mol. The third-order valence-corrected chi connectivity index (χ3v) is 3.03. The van der Waals surface area contributed by atoms with Crippen LogP contribution in [0.15, 0.2) is 29.6 Å². The second-order valence-corrected chi connectivity index (χ2v) is 4.30. The summed E-state index contributed by atoms with van der Waals surface area (Å²) in [6.07, 6.45) is 2.67. The summed E-state index contributed by atoms with van der Waals surface area (Å²) < 4.78 is 0. The highest BCUT2D eigenvalue weighted by Gasteiger charge is 2.22. The molecule has 86 valence electrons. The number of hydrogen-bond donors (Lipinski definition) is 1. The van der Waals surface area contributed by atoms with E-state index in [-0.39, 0.29) is 0 Å². The Hall–Kier alpha value is -1.42. The van der Waals surface area contributed by atoms with Crippen molar-refractivity contribution < 1.29 is 5.21 Å². The fourth-order valence-corrected chi connectivity index (χ4v) is 2.12. The highest BCUT2D eigenvalue weighted by atomic mass is 16.4. The fourth-order valence-electron chi connectivity index (χ4n) is 2.12. The molecule has 0 amide bonds. The zero-order chi connectivity index (χ0) is 11.4. The summed E-state index contributed by atoms with van der Waals surface area (Å²) >= 11 is 0. The summed E-state index contributed by atoms with van der Waals surface area (Å²) in [6, 6.07) is 5.98. The highest BCUT2D eigenvalue weighted by molar-refractivity contribution is 5.86. The van der Waals surface area contributed by atoms with Gasteiger partial charge in [-0.25, -0.2) is 0 Å². The van der Waals surface area contributed by atoms with E-state index in [1.807, 2.05) is 24.4 Å². The van der Waals surface area contributed by atoms with Gasteiger partial charge in [0.1, 0.15) is 0 Å². The largest absolute Gasteiger partial charge is 0.411 e. The van der Waals surface area contributed by atoms with Gasteiger partial charge in [-0.2, -0.15) is 0 Å². The minimum Gasteiger partial charge on any atom is -0.411 e. The average molecular weight is 219 g/mol. The van der Waals surface area contributed by atoms with Crippen molar-refractivity contribution in [3.05, 3.63) is 30.1 Å². The molecular weight excluding hydrogens is 202 g/mol. The maximum Gasteiger partial charge on any atom is 0.0624 e. The van der Waals surface area contributed by atoms with E-state index in [4.69, 9.17) is 5.21 Å². The molecule has 2 heterocycles. The second kappa shape index (κ2) is 5.07. The highest BCUT2D eigenvalue weighted by Crippen LogP contribution is 2.15. The molecule has 1 aliphatic heterocycles. The normalized spacial score (nSPS) is 24.8. The van der Waals surface area contributed by atoms with Crippen LogP contribution < -0.4 is 0 Å². The van der Waals surface area contributed by atoms with Crippen LogP contribution in [0.1, 0.15) is 19.0 Å². The summed E-state index contributed by atoms with van der Waals surface area (Å²) in [5, 5.41) is 12.1. The van der Waals surface area contributed by atoms with E-state index in [1.165, 1.54) is 0 Å². The lowest BCUT2D eigenvalue weighted by molar-refractivity contribution is 0.226. The van der Waals surface area contributed by atoms with Crippen LogP contribution in [0.3, 0.4) is 0 Å². The van der Waals surface area contributed by atoms with Crippen molar-refractivity contribution in [2.24, 2.45) is 11.1 Å². The lowest BCUT2D eigenvalue weighted by Crippen LogP contribution is -2.39. The molecule has 1 fully saturated rings. The molecule has 2 rings (SSSR count). The van der Waals surface area contributed by atoms with Gasteiger partial charge in [0.2, 0.25) is 0 Å². The van der Waals surface area contributed by atoms with Crippen LogP contribution in [0.5, 0.6) is 0 Å². The molecule has 4 heteroatoms. The van der Waals surface area contributed by atoms with E-state index in [0.29, 0.717) is 5.92 Å². The maximum absolute atomic E-state index is 8.79. The Kier molecular flexibility index (Phi) is 3.51. The maximum atomic E-state index is 8.79. The smallest absolute Gasteiger partial charge is 0.0624 e. The van der Waals surface area contributed by atoms with Crippen LogP contribution in [0.25, 0.3) is 0 Å². The predicted molar refractivity (Wildman–Crippen MR) is 62.5 cm³/mol. The predicted octanol–water partition coefficient (Wildman–Crippen LogP) is 1.75. The first-order valence-corrected chi connectivity index (χ1v) is 5.62. The molecule has 1 aromatic rings. The summed E-state index contributed by atoms with van der Waals surface area (Å²) in [6.45, 7) is 4.86. The Morgan fingerprint density at radius 2 is 2.44 bits per heavy atom. The summed E-state index contributed by atoms with van der Waals surface area (Å²) in [5.74, 6) is 0.336. The summed E-state index contributed by atoms with van der Waals surface area (Å²) in [5.41, 5.74) is 2.01. The van der Waals surface area contributed by atoms with Gasteiger partial charge in [0, 0.05) is 38.2 Å².